The van der Waals surface area contributed by atoms with Crippen molar-refractivity contribution in [3.8, 4) is 0 Å². The predicted molar refractivity (Wildman–Crippen MR) is 135 cm³/mol. The number of carbonyl (C=O) groups excluding carboxylic acids is 1. The van der Waals surface area contributed by atoms with Gasteiger partial charge in [0.15, 0.2) is 0 Å². The molecular formula is C27H41N3O2. The van der Waals surface area contributed by atoms with Gasteiger partial charge in [-0.25, -0.2) is 4.79 Å². The van der Waals surface area contributed by atoms with Crippen LogP contribution in [0.15, 0.2) is 42.3 Å². The Morgan fingerprint density at radius 1 is 1.31 bits per heavy atom. The van der Waals surface area contributed by atoms with Crippen LogP contribution in [0.2, 0.25) is 0 Å². The first-order chi connectivity index (χ1) is 15.1. The van der Waals surface area contributed by atoms with Gasteiger partial charge < -0.3 is 15.8 Å². The molecule has 0 fully saturated rings. The largest absolute Gasteiger partial charge is 0.443 e. The molecule has 0 aliphatic rings. The summed E-state index contributed by atoms with van der Waals surface area (Å²) in [4.78, 5) is 12.8. The van der Waals surface area contributed by atoms with Crippen molar-refractivity contribution in [3.63, 3.8) is 0 Å². The molecule has 0 radical (unpaired) electrons. The second-order valence-corrected chi connectivity index (χ2v) is 9.48. The van der Waals surface area contributed by atoms with E-state index in [1.54, 1.807) is 10.8 Å². The minimum Gasteiger partial charge on any atom is -0.443 e. The molecule has 0 aliphatic heterocycles. The van der Waals surface area contributed by atoms with E-state index in [1.165, 1.54) is 16.7 Å². The summed E-state index contributed by atoms with van der Waals surface area (Å²) >= 11 is 0. The molecule has 0 aliphatic carbocycles. The number of ether oxygens (including phenoxy) is 1. The van der Waals surface area contributed by atoms with Gasteiger partial charge in [-0.1, -0.05) is 44.4 Å². The molecule has 2 aromatic rings. The van der Waals surface area contributed by atoms with Crippen molar-refractivity contribution in [3.05, 3.63) is 58.9 Å². The van der Waals surface area contributed by atoms with Gasteiger partial charge in [-0.05, 0) is 82.5 Å². The van der Waals surface area contributed by atoms with Crippen molar-refractivity contribution in [2.45, 2.75) is 92.3 Å². The highest BCUT2D eigenvalue weighted by atomic mass is 16.6. The molecule has 0 saturated carbocycles. The van der Waals surface area contributed by atoms with Crippen molar-refractivity contribution in [2.24, 2.45) is 5.73 Å². The van der Waals surface area contributed by atoms with E-state index in [0.29, 0.717) is 0 Å². The van der Waals surface area contributed by atoms with Crippen LogP contribution in [0.25, 0.3) is 10.9 Å². The average Bonchev–Trinajstić information content (AvgIpc) is 3.17. The SMILES string of the molecule is CCCCC(NCc1c(CC)cc(C)c2c1ccn2C(=O)OC(C)(C)C)/C(C)=C/C=C\N. The number of hydrogen-bond donors (Lipinski definition) is 2. The smallest absolute Gasteiger partial charge is 0.418 e. The molecule has 1 heterocycles. The quantitative estimate of drug-likeness (QED) is 0.446. The summed E-state index contributed by atoms with van der Waals surface area (Å²) in [6, 6.07) is 4.53. The van der Waals surface area contributed by atoms with E-state index in [9.17, 15) is 4.79 Å². The fraction of sp³-hybridized carbons (Fsp3) is 0.519. The number of nitrogens with two attached hydrogens (primary N) is 1. The summed E-state index contributed by atoms with van der Waals surface area (Å²) in [7, 11) is 0. The van der Waals surface area contributed by atoms with Crippen LogP contribution in [0.3, 0.4) is 0 Å². The average molecular weight is 440 g/mol. The lowest BCUT2D eigenvalue weighted by Crippen LogP contribution is -2.30. The number of aromatic nitrogens is 1. The van der Waals surface area contributed by atoms with Crippen LogP contribution in [0.4, 0.5) is 4.79 Å². The fourth-order valence-corrected chi connectivity index (χ4v) is 4.10. The zero-order valence-electron chi connectivity index (χ0n) is 20.9. The Kier molecular flexibility index (Phi) is 9.14. The van der Waals surface area contributed by atoms with Crippen LogP contribution >= 0.6 is 0 Å². The lowest BCUT2D eigenvalue weighted by molar-refractivity contribution is 0.0544. The number of allylic oxidation sites excluding steroid dienone is 2. The number of nitrogens with one attached hydrogen (secondary N) is 1. The molecule has 1 unspecified atom stereocenters. The highest BCUT2D eigenvalue weighted by molar-refractivity contribution is 5.94. The van der Waals surface area contributed by atoms with Gasteiger partial charge in [0.05, 0.1) is 5.52 Å². The number of aryl methyl sites for hydroxylation is 2. The van der Waals surface area contributed by atoms with Crippen molar-refractivity contribution < 1.29 is 9.53 Å². The molecule has 0 saturated heterocycles. The molecule has 5 heteroatoms. The van der Waals surface area contributed by atoms with E-state index < -0.39 is 5.60 Å². The second-order valence-electron chi connectivity index (χ2n) is 9.48. The van der Waals surface area contributed by atoms with Crippen LogP contribution in [0.1, 0.15) is 77.5 Å². The van der Waals surface area contributed by atoms with Crippen LogP contribution in [0, 0.1) is 6.92 Å². The molecule has 1 atom stereocenters. The maximum Gasteiger partial charge on any atom is 0.418 e. The van der Waals surface area contributed by atoms with E-state index in [1.807, 2.05) is 39.1 Å². The number of fused-ring (bicyclic) bond motifs is 1. The Morgan fingerprint density at radius 2 is 2.03 bits per heavy atom. The molecule has 0 spiro atoms. The van der Waals surface area contributed by atoms with Gasteiger partial charge in [0, 0.05) is 24.2 Å². The van der Waals surface area contributed by atoms with Gasteiger partial charge in [0.25, 0.3) is 0 Å². The third-order valence-corrected chi connectivity index (χ3v) is 5.73. The molecule has 3 N–H and O–H groups in total. The molecule has 0 bridgehead atoms. The first kappa shape index (κ1) is 25.7. The van der Waals surface area contributed by atoms with E-state index in [4.69, 9.17) is 10.5 Å². The Morgan fingerprint density at radius 3 is 2.62 bits per heavy atom. The van der Waals surface area contributed by atoms with Crippen molar-refractivity contribution in [2.75, 3.05) is 0 Å². The summed E-state index contributed by atoms with van der Waals surface area (Å²) in [5.74, 6) is 0. The number of unbranched alkanes of at least 4 members (excludes halogenated alkanes) is 1. The predicted octanol–water partition coefficient (Wildman–Crippen LogP) is 6.36. The van der Waals surface area contributed by atoms with Crippen LogP contribution in [0.5, 0.6) is 0 Å². The van der Waals surface area contributed by atoms with Gasteiger partial charge in [-0.2, -0.15) is 0 Å². The first-order valence-electron chi connectivity index (χ1n) is 11.8. The monoisotopic (exact) mass is 439 g/mol. The summed E-state index contributed by atoms with van der Waals surface area (Å²) in [6.45, 7) is 15.0. The Labute approximate surface area is 193 Å². The maximum absolute atomic E-state index is 12.8. The minimum atomic E-state index is -0.538. The standard InChI is InChI=1S/C27H41N3O2/c1-8-10-13-24(19(3)12-11-15-28)29-18-23-21(9-2)17-20(4)25-22(23)14-16-30(25)26(31)32-27(5,6)7/h11-12,14-17,24,29H,8-10,13,18,28H2,1-7H3/b15-11-,19-12+. The third-order valence-electron chi connectivity index (χ3n) is 5.73. The zero-order valence-corrected chi connectivity index (χ0v) is 20.9. The number of carbonyl (C=O) groups is 1. The molecular weight excluding hydrogens is 398 g/mol. The lowest BCUT2D eigenvalue weighted by Gasteiger charge is -2.22. The Bertz CT molecular complexity index is 977. The van der Waals surface area contributed by atoms with Crippen molar-refractivity contribution >= 4 is 17.0 Å². The zero-order chi connectivity index (χ0) is 23.9. The van der Waals surface area contributed by atoms with Gasteiger partial charge in [0.2, 0.25) is 0 Å². The van der Waals surface area contributed by atoms with Crippen molar-refractivity contribution in [1.29, 1.82) is 0 Å². The second kappa shape index (κ2) is 11.4. The van der Waals surface area contributed by atoms with E-state index in [0.717, 1.165) is 48.7 Å². The summed E-state index contributed by atoms with van der Waals surface area (Å²) in [6.07, 6.45) is 11.4. The summed E-state index contributed by atoms with van der Waals surface area (Å²) in [5, 5.41) is 4.88. The first-order valence-corrected chi connectivity index (χ1v) is 11.8. The van der Waals surface area contributed by atoms with Crippen LogP contribution in [-0.4, -0.2) is 22.3 Å². The topological polar surface area (TPSA) is 69.3 Å². The summed E-state index contributed by atoms with van der Waals surface area (Å²) < 4.78 is 7.28. The normalized spacial score (nSPS) is 13.8. The molecule has 176 valence electrons. The van der Waals surface area contributed by atoms with Gasteiger partial charge in [0.1, 0.15) is 5.60 Å². The Balaban J connectivity index is 2.43. The molecule has 1 aromatic carbocycles. The lowest BCUT2D eigenvalue weighted by atomic mass is 9.96. The highest BCUT2D eigenvalue weighted by Crippen LogP contribution is 2.29. The molecule has 0 amide bonds. The molecule has 5 nitrogen and oxygen atoms in total. The van der Waals surface area contributed by atoms with Crippen LogP contribution < -0.4 is 11.1 Å². The third kappa shape index (κ3) is 6.49. The molecule has 1 aromatic heterocycles. The van der Waals surface area contributed by atoms with E-state index in [-0.39, 0.29) is 12.1 Å². The number of nitrogens with zero attached hydrogens (tertiary/aromatic N) is 1. The summed E-state index contributed by atoms with van der Waals surface area (Å²) in [5.41, 5.74) is 10.8. The van der Waals surface area contributed by atoms with E-state index in [2.05, 4.69) is 45.2 Å². The van der Waals surface area contributed by atoms with Crippen LogP contribution in [-0.2, 0) is 17.7 Å². The highest BCUT2D eigenvalue weighted by Gasteiger charge is 2.22. The fourth-order valence-electron chi connectivity index (χ4n) is 4.10. The molecule has 2 rings (SSSR count). The van der Waals surface area contributed by atoms with Gasteiger partial charge in [-0.3, -0.25) is 4.57 Å². The maximum atomic E-state index is 12.8. The van der Waals surface area contributed by atoms with Gasteiger partial charge in [-0.15, -0.1) is 0 Å². The van der Waals surface area contributed by atoms with Gasteiger partial charge >= 0.3 is 6.09 Å². The van der Waals surface area contributed by atoms with E-state index >= 15 is 0 Å². The Hall–Kier alpha value is -2.53. The molecule has 32 heavy (non-hydrogen) atoms. The minimum absolute atomic E-state index is 0.278. The number of hydrogen-bond acceptors (Lipinski definition) is 4. The number of rotatable bonds is 9. The van der Waals surface area contributed by atoms with Crippen molar-refractivity contribution in [1.82, 2.24) is 9.88 Å². The number of benzene rings is 1.